The maximum atomic E-state index is 11.1. The van der Waals surface area contributed by atoms with E-state index in [0.717, 1.165) is 22.8 Å². The third-order valence-corrected chi connectivity index (χ3v) is 4.61. The van der Waals surface area contributed by atoms with Gasteiger partial charge in [0.25, 0.3) is 5.91 Å². The zero-order valence-corrected chi connectivity index (χ0v) is 28.4. The molecule has 1 amide bonds. The van der Waals surface area contributed by atoms with Crippen molar-refractivity contribution in [3.63, 3.8) is 0 Å². The molecule has 0 aliphatic heterocycles. The number of aliphatic carboxylic acids is 1. The first-order chi connectivity index (χ1) is 20.1. The molecule has 1 aromatic carbocycles. The molecule has 0 saturated carbocycles. The summed E-state index contributed by atoms with van der Waals surface area (Å²) in [6, 6.07) is 31.6. The van der Waals surface area contributed by atoms with Gasteiger partial charge in [-0.3, -0.25) is 24.7 Å². The molecule has 5 N–H and O–H groups in total. The summed E-state index contributed by atoms with van der Waals surface area (Å²) in [5.41, 5.74) is 4.09. The number of carboxylic acid groups (broad SMARTS) is 1. The van der Waals surface area contributed by atoms with Crippen molar-refractivity contribution < 1.29 is 81.8 Å². The van der Waals surface area contributed by atoms with E-state index in [1.807, 2.05) is 72.8 Å². The summed E-state index contributed by atoms with van der Waals surface area (Å²) in [5.74, 6) is -1.71. The normalized spacial score (nSPS) is 9.16. The average molecular weight is 738 g/mol. The largest absolute Gasteiger partial charge is 2.00 e. The van der Waals surface area contributed by atoms with Gasteiger partial charge in [-0.2, -0.15) is 0 Å². The van der Waals surface area contributed by atoms with Crippen LogP contribution in [0.2, 0.25) is 0 Å². The molecule has 0 bridgehead atoms. The molecule has 0 atom stereocenters. The van der Waals surface area contributed by atoms with Gasteiger partial charge in [0.05, 0.1) is 35.3 Å². The van der Waals surface area contributed by atoms with Crippen molar-refractivity contribution in [1.82, 2.24) is 25.3 Å². The SMILES string of the molecule is O.O.O=C([O-])CNC(=O)c1ccccc1.[Cd+2].[O-][Cl+3]([O-])([O-])[O-].c1ccc(-c2ccccn2)nc1.c1ccc(-c2ccccn2)nc1. The third-order valence-electron chi connectivity index (χ3n) is 4.61. The summed E-state index contributed by atoms with van der Waals surface area (Å²) in [7, 11) is -4.94. The van der Waals surface area contributed by atoms with Crippen LogP contribution in [0.4, 0.5) is 0 Å². The molecule has 16 heteroatoms. The Kier molecular flexibility index (Phi) is 23.0. The number of nitrogens with one attached hydrogen (secondary N) is 1. The van der Waals surface area contributed by atoms with Gasteiger partial charge in [-0.25, -0.2) is 18.6 Å². The summed E-state index contributed by atoms with van der Waals surface area (Å²) in [6.07, 6.45) is 7.07. The number of aromatic nitrogens is 4. The topological polar surface area (TPSA) is 276 Å². The maximum absolute atomic E-state index is 11.1. The van der Waals surface area contributed by atoms with Gasteiger partial charge in [0, 0.05) is 30.4 Å². The summed E-state index contributed by atoms with van der Waals surface area (Å²) in [5, 5.41) is 12.2. The molecule has 0 spiro atoms. The number of carbonyl (C=O) groups excluding carboxylic acids is 2. The smallest absolute Gasteiger partial charge is 0.548 e. The number of amides is 1. The van der Waals surface area contributed by atoms with E-state index in [0.29, 0.717) is 5.56 Å². The van der Waals surface area contributed by atoms with Crippen molar-refractivity contribution in [2.24, 2.45) is 0 Å². The Morgan fingerprint density at radius 2 is 0.844 bits per heavy atom. The van der Waals surface area contributed by atoms with Crippen molar-refractivity contribution in [3.8, 4) is 22.8 Å². The van der Waals surface area contributed by atoms with Crippen LogP contribution in [0.5, 0.6) is 0 Å². The molecular weight excluding hydrogens is 710 g/mol. The Bertz CT molecular complexity index is 1300. The molecule has 4 aromatic heterocycles. The minimum Gasteiger partial charge on any atom is -0.548 e. The van der Waals surface area contributed by atoms with Crippen LogP contribution < -0.4 is 29.1 Å². The van der Waals surface area contributed by atoms with Crippen LogP contribution in [0.3, 0.4) is 0 Å². The molecule has 4 heterocycles. The van der Waals surface area contributed by atoms with E-state index in [1.165, 1.54) is 0 Å². The fourth-order valence-corrected chi connectivity index (χ4v) is 2.90. The Morgan fingerprint density at radius 3 is 1.09 bits per heavy atom. The number of halogens is 1. The number of hydrogen-bond acceptors (Lipinski definition) is 11. The van der Waals surface area contributed by atoms with Gasteiger partial charge in [0.1, 0.15) is 0 Å². The first-order valence-corrected chi connectivity index (χ1v) is 13.2. The van der Waals surface area contributed by atoms with Crippen molar-refractivity contribution in [2.75, 3.05) is 6.54 Å². The van der Waals surface area contributed by atoms with E-state index < -0.39 is 28.7 Å². The number of carbonyl (C=O) groups is 2. The monoisotopic (exact) mass is 739 g/mol. The Hall–Kier alpha value is -4.27. The molecule has 232 valence electrons. The second-order valence-corrected chi connectivity index (χ2v) is 8.41. The number of hydrogen-bond donors (Lipinski definition) is 1. The van der Waals surface area contributed by atoms with Crippen molar-refractivity contribution in [1.29, 1.82) is 0 Å². The molecule has 0 unspecified atom stereocenters. The molecule has 45 heavy (non-hydrogen) atoms. The van der Waals surface area contributed by atoms with Crippen LogP contribution in [0.15, 0.2) is 128 Å². The van der Waals surface area contributed by atoms with Gasteiger partial charge in [0.2, 0.25) is 0 Å². The summed E-state index contributed by atoms with van der Waals surface area (Å²) in [6.45, 7) is -0.465. The van der Waals surface area contributed by atoms with Gasteiger partial charge >= 0.3 is 27.3 Å². The van der Waals surface area contributed by atoms with Crippen LogP contribution in [-0.2, 0) is 32.1 Å². The Morgan fingerprint density at radius 1 is 0.556 bits per heavy atom. The van der Waals surface area contributed by atoms with Crippen LogP contribution in [0.25, 0.3) is 22.8 Å². The zero-order chi connectivity index (χ0) is 30.6. The van der Waals surface area contributed by atoms with E-state index in [2.05, 4.69) is 25.3 Å². The van der Waals surface area contributed by atoms with Crippen molar-refractivity contribution in [3.05, 3.63) is 133 Å². The quantitative estimate of drug-likeness (QED) is 0.178. The average Bonchev–Trinajstić information content (AvgIpc) is 3.02. The van der Waals surface area contributed by atoms with E-state index >= 15 is 0 Å². The molecule has 0 aliphatic carbocycles. The number of nitrogens with zero attached hydrogens (tertiary/aromatic N) is 4. The molecule has 0 aliphatic rings. The minimum absolute atomic E-state index is 0. The predicted molar refractivity (Wildman–Crippen MR) is 146 cm³/mol. The van der Waals surface area contributed by atoms with Gasteiger partial charge in [0.15, 0.2) is 0 Å². The molecule has 14 nitrogen and oxygen atoms in total. The van der Waals surface area contributed by atoms with Crippen molar-refractivity contribution in [2.45, 2.75) is 0 Å². The molecule has 0 fully saturated rings. The van der Waals surface area contributed by atoms with Gasteiger partial charge in [-0.05, 0) is 60.7 Å². The van der Waals surface area contributed by atoms with E-state index in [1.54, 1.807) is 55.1 Å². The number of pyridine rings is 4. The second-order valence-electron chi connectivity index (χ2n) is 7.66. The Balaban J connectivity index is 0. The number of rotatable bonds is 5. The van der Waals surface area contributed by atoms with Crippen LogP contribution >= 0.6 is 0 Å². The first kappa shape index (κ1) is 42.9. The second kappa shape index (κ2) is 24.1. The van der Waals surface area contributed by atoms with Crippen LogP contribution in [0, 0.1) is 10.2 Å². The molecule has 0 radical (unpaired) electrons. The van der Waals surface area contributed by atoms with Crippen LogP contribution in [-0.4, -0.2) is 49.3 Å². The molecular formula is C29H28CdClN5O9. The molecule has 0 saturated heterocycles. The van der Waals surface area contributed by atoms with Gasteiger partial charge < -0.3 is 26.2 Å². The number of benzene rings is 1. The van der Waals surface area contributed by atoms with E-state index in [-0.39, 0.29) is 38.3 Å². The zero-order valence-electron chi connectivity index (χ0n) is 23.6. The van der Waals surface area contributed by atoms with Crippen LogP contribution in [0.1, 0.15) is 10.4 Å². The van der Waals surface area contributed by atoms with E-state index in [9.17, 15) is 14.7 Å². The number of carboxylic acids is 1. The Labute approximate surface area is 280 Å². The van der Waals surface area contributed by atoms with Gasteiger partial charge in [-0.15, -0.1) is 10.2 Å². The summed E-state index contributed by atoms with van der Waals surface area (Å²) >= 11 is 0. The van der Waals surface area contributed by atoms with Crippen molar-refractivity contribution >= 4 is 11.9 Å². The fourth-order valence-electron chi connectivity index (χ4n) is 2.90. The molecule has 5 aromatic rings. The summed E-state index contributed by atoms with van der Waals surface area (Å²) < 4.78 is 34.0. The minimum atomic E-state index is -4.94. The van der Waals surface area contributed by atoms with Gasteiger partial charge in [-0.1, -0.05) is 42.5 Å². The standard InChI is InChI=1S/2C10H8N2.C9H9NO3.Cd.ClHO4.2H2O/c2*1-3-7-11-9(5-1)10-6-2-4-8-12-10;11-8(12)6-10-9(13)7-4-2-1-3-5-7;;2-1(3,4)5;;/h2*1-8H;1-5H,6H2,(H,10,13)(H,11,12);;(H,2,3,4,5);2*1H2/q;;;+2;;;/p-2. The molecule has 5 rings (SSSR count). The fraction of sp³-hybridized carbons (Fsp3) is 0.0345. The predicted octanol–water partition coefficient (Wildman–Crippen LogP) is -2.95. The van der Waals surface area contributed by atoms with E-state index in [4.69, 9.17) is 18.6 Å². The third kappa shape index (κ3) is 20.3. The maximum Gasteiger partial charge on any atom is 2.00 e. The summed E-state index contributed by atoms with van der Waals surface area (Å²) in [4.78, 5) is 37.9. The first-order valence-electron chi connectivity index (χ1n) is 11.9.